The van der Waals surface area contributed by atoms with Crippen LogP contribution in [0.2, 0.25) is 0 Å². The van der Waals surface area contributed by atoms with Gasteiger partial charge in [0.15, 0.2) is 5.75 Å². The highest BCUT2D eigenvalue weighted by Crippen LogP contribution is 2.18. The fraction of sp³-hybridized carbons (Fsp3) is 0.125. The molecule has 22 heavy (non-hydrogen) atoms. The van der Waals surface area contributed by atoms with Crippen LogP contribution in [-0.2, 0) is 16.1 Å². The second kappa shape index (κ2) is 7.12. The topological polar surface area (TPSA) is 86.0 Å². The molecule has 0 aliphatic rings. The third kappa shape index (κ3) is 3.99. The first-order valence-corrected chi connectivity index (χ1v) is 6.38. The van der Waals surface area contributed by atoms with Crippen LogP contribution in [0.3, 0.4) is 0 Å². The molecule has 0 radical (unpaired) electrons. The monoisotopic (exact) mass is 302 g/mol. The van der Waals surface area contributed by atoms with Gasteiger partial charge in [0.25, 0.3) is 0 Å². The van der Waals surface area contributed by atoms with E-state index in [1.54, 1.807) is 18.2 Å². The number of methoxy groups -OCH3 is 1. The average Bonchev–Trinajstić information content (AvgIpc) is 2.54. The fourth-order valence-electron chi connectivity index (χ4n) is 1.67. The molecule has 1 aromatic heterocycles. The first kappa shape index (κ1) is 15.4. The second-order valence-electron chi connectivity index (χ2n) is 4.28. The van der Waals surface area contributed by atoms with E-state index in [-0.39, 0.29) is 12.4 Å². The van der Waals surface area contributed by atoms with E-state index in [0.29, 0.717) is 5.75 Å². The number of benzene rings is 1. The molecule has 0 bridgehead atoms. The van der Waals surface area contributed by atoms with Crippen LogP contribution in [0.1, 0.15) is 11.3 Å². The van der Waals surface area contributed by atoms with Crippen molar-refractivity contribution in [1.82, 2.24) is 0 Å². The fourth-order valence-corrected chi connectivity index (χ4v) is 1.67. The van der Waals surface area contributed by atoms with Crippen LogP contribution in [0.5, 0.6) is 11.5 Å². The van der Waals surface area contributed by atoms with Crippen LogP contribution in [0.4, 0.5) is 0 Å². The van der Waals surface area contributed by atoms with Gasteiger partial charge in [0.05, 0.1) is 7.11 Å². The van der Waals surface area contributed by atoms with Gasteiger partial charge in [0.2, 0.25) is 5.43 Å². The lowest BCUT2D eigenvalue weighted by Gasteiger charge is -2.03. The molecule has 0 saturated carbocycles. The van der Waals surface area contributed by atoms with Crippen molar-refractivity contribution in [1.29, 1.82) is 0 Å². The summed E-state index contributed by atoms with van der Waals surface area (Å²) in [6.07, 6.45) is 3.71. The number of rotatable bonds is 5. The number of ether oxygens (including phenoxy) is 2. The van der Waals surface area contributed by atoms with Crippen LogP contribution in [0.25, 0.3) is 6.08 Å². The lowest BCUT2D eigenvalue weighted by atomic mass is 10.2. The SMILES string of the molecule is COc1ccccc1/C=C/C(=O)OCc1cc(=O)c(O)co1. The molecule has 2 rings (SSSR count). The molecule has 0 amide bonds. The van der Waals surface area contributed by atoms with Crippen molar-refractivity contribution in [3.63, 3.8) is 0 Å². The van der Waals surface area contributed by atoms with Crippen molar-refractivity contribution in [3.8, 4) is 11.5 Å². The van der Waals surface area contributed by atoms with Crippen molar-refractivity contribution in [2.45, 2.75) is 6.61 Å². The maximum absolute atomic E-state index is 11.6. The van der Waals surface area contributed by atoms with Crippen LogP contribution < -0.4 is 10.2 Å². The molecule has 1 heterocycles. The van der Waals surface area contributed by atoms with Crippen molar-refractivity contribution in [2.24, 2.45) is 0 Å². The minimum absolute atomic E-state index is 0.141. The van der Waals surface area contributed by atoms with E-state index in [9.17, 15) is 9.59 Å². The Kier molecular flexibility index (Phi) is 4.98. The van der Waals surface area contributed by atoms with Gasteiger partial charge in [-0.25, -0.2) is 4.79 Å². The van der Waals surface area contributed by atoms with Crippen molar-refractivity contribution < 1.29 is 23.8 Å². The maximum Gasteiger partial charge on any atom is 0.331 e. The maximum atomic E-state index is 11.6. The Bertz CT molecular complexity index is 744. The molecule has 1 aromatic carbocycles. The highest BCUT2D eigenvalue weighted by atomic mass is 16.5. The predicted molar refractivity (Wildman–Crippen MR) is 78.5 cm³/mol. The largest absolute Gasteiger partial charge is 0.502 e. The molecule has 0 spiro atoms. The molecule has 0 atom stereocenters. The smallest absolute Gasteiger partial charge is 0.331 e. The Morgan fingerprint density at radius 2 is 2.14 bits per heavy atom. The van der Waals surface area contributed by atoms with Gasteiger partial charge < -0.3 is 19.0 Å². The molecular formula is C16H14O6. The minimum atomic E-state index is -0.596. The van der Waals surface area contributed by atoms with Crippen LogP contribution >= 0.6 is 0 Å². The molecule has 6 heteroatoms. The Morgan fingerprint density at radius 3 is 2.86 bits per heavy atom. The Hall–Kier alpha value is -3.02. The van der Waals surface area contributed by atoms with Crippen LogP contribution in [0.15, 0.2) is 51.9 Å². The van der Waals surface area contributed by atoms with Gasteiger partial charge in [-0.2, -0.15) is 0 Å². The van der Waals surface area contributed by atoms with Gasteiger partial charge in [-0.1, -0.05) is 18.2 Å². The molecule has 0 saturated heterocycles. The molecule has 1 N–H and O–H groups in total. The highest BCUT2D eigenvalue weighted by molar-refractivity contribution is 5.87. The molecule has 2 aromatic rings. The number of hydrogen-bond donors (Lipinski definition) is 1. The summed E-state index contributed by atoms with van der Waals surface area (Å²) in [5, 5.41) is 9.04. The van der Waals surface area contributed by atoms with E-state index >= 15 is 0 Å². The summed E-state index contributed by atoms with van der Waals surface area (Å²) in [5.41, 5.74) is 0.139. The third-order valence-electron chi connectivity index (χ3n) is 2.76. The summed E-state index contributed by atoms with van der Waals surface area (Å²) in [7, 11) is 1.54. The summed E-state index contributed by atoms with van der Waals surface area (Å²) in [6.45, 7) is -0.204. The van der Waals surface area contributed by atoms with Crippen molar-refractivity contribution >= 4 is 12.0 Å². The normalized spacial score (nSPS) is 10.6. The van der Waals surface area contributed by atoms with Gasteiger partial charge in [-0.3, -0.25) is 4.79 Å². The molecule has 0 unspecified atom stereocenters. The number of esters is 1. The zero-order valence-corrected chi connectivity index (χ0v) is 11.8. The molecule has 114 valence electrons. The zero-order valence-electron chi connectivity index (χ0n) is 11.8. The van der Waals surface area contributed by atoms with Gasteiger partial charge in [0, 0.05) is 17.7 Å². The van der Waals surface area contributed by atoms with Gasteiger partial charge in [-0.15, -0.1) is 0 Å². The van der Waals surface area contributed by atoms with E-state index in [2.05, 4.69) is 0 Å². The third-order valence-corrected chi connectivity index (χ3v) is 2.76. The zero-order chi connectivity index (χ0) is 15.9. The number of carbonyl (C=O) groups is 1. The van der Waals surface area contributed by atoms with E-state index in [4.69, 9.17) is 19.0 Å². The highest BCUT2D eigenvalue weighted by Gasteiger charge is 2.05. The van der Waals surface area contributed by atoms with E-state index in [0.717, 1.165) is 17.9 Å². The molecule has 0 fully saturated rings. The summed E-state index contributed by atoms with van der Waals surface area (Å²) >= 11 is 0. The van der Waals surface area contributed by atoms with E-state index < -0.39 is 17.1 Å². The molecule has 0 aliphatic heterocycles. The van der Waals surface area contributed by atoms with Gasteiger partial charge in [-0.05, 0) is 12.1 Å². The van der Waals surface area contributed by atoms with Gasteiger partial charge in [0.1, 0.15) is 24.4 Å². The number of aromatic hydroxyl groups is 1. The van der Waals surface area contributed by atoms with Gasteiger partial charge >= 0.3 is 5.97 Å². The molecular weight excluding hydrogens is 288 g/mol. The van der Waals surface area contributed by atoms with Crippen LogP contribution in [0, 0.1) is 0 Å². The summed E-state index contributed by atoms with van der Waals surface area (Å²) in [4.78, 5) is 22.8. The van der Waals surface area contributed by atoms with E-state index in [1.807, 2.05) is 12.1 Å². The molecule has 0 aliphatic carbocycles. The first-order chi connectivity index (χ1) is 10.6. The Balaban J connectivity index is 1.96. The predicted octanol–water partition coefficient (Wildman–Crippen LogP) is 2.11. The average molecular weight is 302 g/mol. The van der Waals surface area contributed by atoms with Crippen molar-refractivity contribution in [3.05, 3.63) is 64.2 Å². The summed E-state index contributed by atoms with van der Waals surface area (Å²) in [5.74, 6) is -0.314. The van der Waals surface area contributed by atoms with E-state index in [1.165, 1.54) is 13.2 Å². The number of para-hydroxylation sites is 1. The number of hydrogen-bond acceptors (Lipinski definition) is 6. The summed E-state index contributed by atoms with van der Waals surface area (Å²) < 4.78 is 15.0. The quantitative estimate of drug-likeness (QED) is 0.672. The second-order valence-corrected chi connectivity index (χ2v) is 4.28. The van der Waals surface area contributed by atoms with Crippen molar-refractivity contribution in [2.75, 3.05) is 7.11 Å². The lowest BCUT2D eigenvalue weighted by molar-refractivity contribution is -0.139. The standard InChI is InChI=1S/C16H14O6/c1-20-15-5-3-2-4-11(15)6-7-16(19)22-9-12-8-13(17)14(18)10-21-12/h2-8,10,18H,9H2,1H3/b7-6+. The molecule has 6 nitrogen and oxygen atoms in total. The summed E-state index contributed by atoms with van der Waals surface area (Å²) in [6, 6.07) is 8.27. The van der Waals surface area contributed by atoms with Crippen LogP contribution in [-0.4, -0.2) is 18.2 Å². The Morgan fingerprint density at radius 1 is 1.36 bits per heavy atom. The Labute approximate surface area is 126 Å². The first-order valence-electron chi connectivity index (χ1n) is 6.38. The minimum Gasteiger partial charge on any atom is -0.502 e. The lowest BCUT2D eigenvalue weighted by Crippen LogP contribution is -2.04. The number of carbonyl (C=O) groups excluding carboxylic acids is 1.